The highest BCUT2D eigenvalue weighted by molar-refractivity contribution is 5.94. The van der Waals surface area contributed by atoms with Gasteiger partial charge in [0.05, 0.1) is 12.6 Å². The Hall–Kier alpha value is -2.45. The first-order valence-electron chi connectivity index (χ1n) is 8.94. The molecule has 2 rings (SSSR count). The smallest absolute Gasteiger partial charge is 0.249 e. The summed E-state index contributed by atoms with van der Waals surface area (Å²) in [4.78, 5) is 28.0. The number of H-pyrrole nitrogens is 1. The van der Waals surface area contributed by atoms with Crippen molar-refractivity contribution in [3.8, 4) is 11.4 Å². The van der Waals surface area contributed by atoms with E-state index in [1.807, 2.05) is 38.1 Å². The lowest BCUT2D eigenvalue weighted by molar-refractivity contribution is -0.125. The maximum absolute atomic E-state index is 11.9. The Bertz CT molecular complexity index is 796. The molecule has 0 aliphatic heterocycles. The number of nitrogens with one attached hydrogen (secondary N) is 3. The van der Waals surface area contributed by atoms with Gasteiger partial charge >= 0.3 is 0 Å². The average molecular weight is 409 g/mol. The molecule has 5 N–H and O–H groups in total. The minimum absolute atomic E-state index is 0. The van der Waals surface area contributed by atoms with E-state index in [2.05, 4.69) is 46.6 Å². The number of aromatic nitrogens is 3. The zero-order valence-corrected chi connectivity index (χ0v) is 17.7. The molecule has 0 aliphatic carbocycles. The summed E-state index contributed by atoms with van der Waals surface area (Å²) in [6, 6.07) is 7.36. The Morgan fingerprint density at radius 1 is 1.18 bits per heavy atom. The fourth-order valence-electron chi connectivity index (χ4n) is 2.33. The molecule has 0 spiro atoms. The highest BCUT2D eigenvalue weighted by Crippen LogP contribution is 2.24. The second kappa shape index (κ2) is 9.66. The number of anilines is 1. The SMILES string of the molecule is CC(C)[C@H](N)C(=O)NCC(=O)Nc1n[nH]c(-c2ccc(C(C)(C)C)cc2)n1.Cl. The van der Waals surface area contributed by atoms with Gasteiger partial charge in [0.15, 0.2) is 5.82 Å². The van der Waals surface area contributed by atoms with Gasteiger partial charge in [0, 0.05) is 5.56 Å². The number of halogens is 1. The fraction of sp³-hybridized carbons (Fsp3) is 0.474. The van der Waals surface area contributed by atoms with Crippen LogP contribution in [-0.4, -0.2) is 39.6 Å². The topological polar surface area (TPSA) is 126 Å². The van der Waals surface area contributed by atoms with Gasteiger partial charge in [-0.25, -0.2) is 0 Å². The van der Waals surface area contributed by atoms with Gasteiger partial charge in [-0.15, -0.1) is 17.5 Å². The second-order valence-corrected chi connectivity index (χ2v) is 7.87. The van der Waals surface area contributed by atoms with Crippen molar-refractivity contribution < 1.29 is 9.59 Å². The minimum atomic E-state index is -0.649. The molecule has 2 amide bonds. The average Bonchev–Trinajstić information content (AvgIpc) is 3.06. The predicted octanol–water partition coefficient (Wildman–Crippen LogP) is 2.23. The number of nitrogens with two attached hydrogens (primary N) is 1. The first-order valence-corrected chi connectivity index (χ1v) is 8.94. The molecule has 0 saturated heterocycles. The predicted molar refractivity (Wildman–Crippen MR) is 112 cm³/mol. The molecular weight excluding hydrogens is 380 g/mol. The van der Waals surface area contributed by atoms with Crippen LogP contribution in [-0.2, 0) is 15.0 Å². The van der Waals surface area contributed by atoms with E-state index in [4.69, 9.17) is 5.73 Å². The van der Waals surface area contributed by atoms with E-state index in [0.29, 0.717) is 5.82 Å². The molecule has 0 bridgehead atoms. The van der Waals surface area contributed by atoms with Crippen molar-refractivity contribution in [2.45, 2.75) is 46.1 Å². The number of aromatic amines is 1. The second-order valence-electron chi connectivity index (χ2n) is 7.87. The first-order chi connectivity index (χ1) is 12.6. The number of hydrogen-bond donors (Lipinski definition) is 4. The number of carbonyl (C=O) groups excluding carboxylic acids is 2. The minimum Gasteiger partial charge on any atom is -0.346 e. The Labute approximate surface area is 171 Å². The largest absolute Gasteiger partial charge is 0.346 e. The third-order valence-electron chi connectivity index (χ3n) is 4.21. The van der Waals surface area contributed by atoms with E-state index in [1.54, 1.807) is 0 Å². The quantitative estimate of drug-likeness (QED) is 0.583. The van der Waals surface area contributed by atoms with Crippen LogP contribution in [0.5, 0.6) is 0 Å². The summed E-state index contributed by atoms with van der Waals surface area (Å²) in [6.45, 7) is 9.94. The Balaban J connectivity index is 0.00000392. The molecule has 0 saturated carbocycles. The zero-order chi connectivity index (χ0) is 20.2. The maximum atomic E-state index is 11.9. The third-order valence-corrected chi connectivity index (χ3v) is 4.21. The van der Waals surface area contributed by atoms with E-state index < -0.39 is 11.9 Å². The van der Waals surface area contributed by atoms with Gasteiger partial charge < -0.3 is 11.1 Å². The van der Waals surface area contributed by atoms with Crippen LogP contribution in [0.3, 0.4) is 0 Å². The van der Waals surface area contributed by atoms with E-state index in [1.165, 1.54) is 5.56 Å². The molecule has 0 aliphatic rings. The van der Waals surface area contributed by atoms with Gasteiger partial charge in [0.1, 0.15) is 0 Å². The number of carbonyl (C=O) groups is 2. The summed E-state index contributed by atoms with van der Waals surface area (Å²) in [5, 5.41) is 11.8. The summed E-state index contributed by atoms with van der Waals surface area (Å²) < 4.78 is 0. The molecule has 9 heteroatoms. The molecular formula is C19H29ClN6O2. The van der Waals surface area contributed by atoms with Gasteiger partial charge in [0.2, 0.25) is 17.8 Å². The van der Waals surface area contributed by atoms with Crippen molar-refractivity contribution in [1.82, 2.24) is 20.5 Å². The van der Waals surface area contributed by atoms with Crippen molar-refractivity contribution in [3.63, 3.8) is 0 Å². The molecule has 154 valence electrons. The van der Waals surface area contributed by atoms with Gasteiger partial charge in [-0.1, -0.05) is 58.9 Å². The van der Waals surface area contributed by atoms with Gasteiger partial charge in [-0.05, 0) is 16.9 Å². The van der Waals surface area contributed by atoms with Crippen LogP contribution in [0, 0.1) is 5.92 Å². The summed E-state index contributed by atoms with van der Waals surface area (Å²) in [6.07, 6.45) is 0. The summed E-state index contributed by atoms with van der Waals surface area (Å²) in [7, 11) is 0. The molecule has 0 radical (unpaired) electrons. The molecule has 1 atom stereocenters. The molecule has 0 unspecified atom stereocenters. The number of rotatable bonds is 6. The number of hydrogen-bond acceptors (Lipinski definition) is 5. The number of benzene rings is 1. The molecule has 1 heterocycles. The Morgan fingerprint density at radius 2 is 1.79 bits per heavy atom. The van der Waals surface area contributed by atoms with Crippen molar-refractivity contribution in [2.75, 3.05) is 11.9 Å². The van der Waals surface area contributed by atoms with Crippen molar-refractivity contribution in [1.29, 1.82) is 0 Å². The first kappa shape index (κ1) is 23.6. The van der Waals surface area contributed by atoms with Crippen molar-refractivity contribution in [3.05, 3.63) is 29.8 Å². The monoisotopic (exact) mass is 408 g/mol. The number of nitrogens with zero attached hydrogens (tertiary/aromatic N) is 2. The molecule has 0 fully saturated rings. The van der Waals surface area contributed by atoms with E-state index in [-0.39, 0.29) is 42.1 Å². The summed E-state index contributed by atoms with van der Waals surface area (Å²) >= 11 is 0. The highest BCUT2D eigenvalue weighted by Gasteiger charge is 2.18. The lowest BCUT2D eigenvalue weighted by atomic mass is 9.87. The molecule has 1 aromatic carbocycles. The van der Waals surface area contributed by atoms with Gasteiger partial charge in [0.25, 0.3) is 0 Å². The van der Waals surface area contributed by atoms with Crippen LogP contribution in [0.15, 0.2) is 24.3 Å². The standard InChI is InChI=1S/C19H28N6O2.ClH/c1-11(2)15(20)17(27)21-10-14(26)22-18-23-16(24-25-18)12-6-8-13(9-7-12)19(3,4)5;/h6-9,11,15H,10,20H2,1-5H3,(H,21,27)(H2,22,23,24,25,26);1H/t15-;/m0./s1. The fourth-order valence-corrected chi connectivity index (χ4v) is 2.33. The van der Waals surface area contributed by atoms with Crippen LogP contribution >= 0.6 is 12.4 Å². The van der Waals surface area contributed by atoms with Gasteiger partial charge in [-0.2, -0.15) is 4.98 Å². The van der Waals surface area contributed by atoms with Crippen LogP contribution in [0.1, 0.15) is 40.2 Å². The van der Waals surface area contributed by atoms with Crippen LogP contribution in [0.2, 0.25) is 0 Å². The highest BCUT2D eigenvalue weighted by atomic mass is 35.5. The van der Waals surface area contributed by atoms with Crippen LogP contribution < -0.4 is 16.4 Å². The van der Waals surface area contributed by atoms with E-state index in [0.717, 1.165) is 5.56 Å². The Kier molecular flexibility index (Phi) is 8.14. The third kappa shape index (κ3) is 6.31. The van der Waals surface area contributed by atoms with Crippen molar-refractivity contribution >= 4 is 30.2 Å². The molecule has 28 heavy (non-hydrogen) atoms. The van der Waals surface area contributed by atoms with Crippen LogP contribution in [0.4, 0.5) is 5.95 Å². The molecule has 8 nitrogen and oxygen atoms in total. The molecule has 1 aromatic heterocycles. The molecule has 2 aromatic rings. The van der Waals surface area contributed by atoms with E-state index in [9.17, 15) is 9.59 Å². The lowest BCUT2D eigenvalue weighted by Gasteiger charge is -2.18. The number of amides is 2. The van der Waals surface area contributed by atoms with E-state index >= 15 is 0 Å². The zero-order valence-electron chi connectivity index (χ0n) is 16.9. The summed E-state index contributed by atoms with van der Waals surface area (Å²) in [5.41, 5.74) is 7.89. The van der Waals surface area contributed by atoms with Crippen molar-refractivity contribution in [2.24, 2.45) is 11.7 Å². The van der Waals surface area contributed by atoms with Crippen LogP contribution in [0.25, 0.3) is 11.4 Å². The summed E-state index contributed by atoms with van der Waals surface area (Å²) in [5.74, 6) is -0.0927. The van der Waals surface area contributed by atoms with Gasteiger partial charge in [-0.3, -0.25) is 20.0 Å². The lowest BCUT2D eigenvalue weighted by Crippen LogP contribution is -2.46. The maximum Gasteiger partial charge on any atom is 0.249 e. The Morgan fingerprint density at radius 3 is 2.32 bits per heavy atom. The normalized spacial score (nSPS) is 12.2.